The van der Waals surface area contributed by atoms with Gasteiger partial charge in [-0.2, -0.15) is 0 Å². The molecule has 5 nitrogen and oxygen atoms in total. The molecule has 1 N–H and O–H groups in total. The highest BCUT2D eigenvalue weighted by Gasteiger charge is 2.45. The normalized spacial score (nSPS) is 21.4. The molecule has 5 heteroatoms. The van der Waals surface area contributed by atoms with E-state index in [0.29, 0.717) is 13.1 Å². The van der Waals surface area contributed by atoms with E-state index in [2.05, 4.69) is 6.58 Å². The van der Waals surface area contributed by atoms with E-state index in [0.717, 1.165) is 25.7 Å². The second-order valence-electron chi connectivity index (χ2n) is 6.16. The monoisotopic (exact) mass is 282 g/mol. The van der Waals surface area contributed by atoms with Gasteiger partial charge in [-0.15, -0.1) is 6.58 Å². The standard InChI is InChI=1S/C15H26N2O3/c1-5-6-7-10-16(4)14(20)17-11-8-9-15(2,3)12(17)13(18)19/h5,12H,1,6-11H2,2-4H3,(H,18,19). The first kappa shape index (κ1) is 16.5. The quantitative estimate of drug-likeness (QED) is 0.623. The number of allylic oxidation sites excluding steroid dienone is 1. The fourth-order valence-corrected chi connectivity index (χ4v) is 2.85. The highest BCUT2D eigenvalue weighted by molar-refractivity contribution is 5.83. The minimum absolute atomic E-state index is 0.186. The van der Waals surface area contributed by atoms with Crippen LogP contribution in [0.5, 0.6) is 0 Å². The van der Waals surface area contributed by atoms with Crippen molar-refractivity contribution in [2.75, 3.05) is 20.1 Å². The summed E-state index contributed by atoms with van der Waals surface area (Å²) >= 11 is 0. The van der Waals surface area contributed by atoms with Crippen molar-refractivity contribution in [2.24, 2.45) is 5.41 Å². The van der Waals surface area contributed by atoms with Crippen LogP contribution in [0.1, 0.15) is 39.5 Å². The third kappa shape index (κ3) is 3.74. The van der Waals surface area contributed by atoms with E-state index in [1.807, 2.05) is 19.9 Å². The number of hydrogen-bond donors (Lipinski definition) is 1. The highest BCUT2D eigenvalue weighted by Crippen LogP contribution is 2.35. The Bertz CT molecular complexity index is 379. The molecule has 0 spiro atoms. The molecule has 1 aliphatic heterocycles. The fraction of sp³-hybridized carbons (Fsp3) is 0.733. The summed E-state index contributed by atoms with van der Waals surface area (Å²) in [5.74, 6) is -0.914. The predicted molar refractivity (Wildman–Crippen MR) is 78.6 cm³/mol. The molecule has 1 atom stereocenters. The highest BCUT2D eigenvalue weighted by atomic mass is 16.4. The first-order valence-corrected chi connectivity index (χ1v) is 7.16. The van der Waals surface area contributed by atoms with Crippen LogP contribution in [0.4, 0.5) is 4.79 Å². The molecule has 0 aromatic carbocycles. The van der Waals surface area contributed by atoms with E-state index in [4.69, 9.17) is 0 Å². The Labute approximate surface area is 121 Å². The number of unbranched alkanes of at least 4 members (excludes halogenated alkanes) is 1. The largest absolute Gasteiger partial charge is 0.480 e. The molecule has 1 unspecified atom stereocenters. The molecule has 1 saturated heterocycles. The topological polar surface area (TPSA) is 60.9 Å². The number of urea groups is 1. The number of aliphatic carboxylic acids is 1. The van der Waals surface area contributed by atoms with Gasteiger partial charge in [-0.3, -0.25) is 0 Å². The van der Waals surface area contributed by atoms with E-state index in [9.17, 15) is 14.7 Å². The molecule has 1 fully saturated rings. The Morgan fingerprint density at radius 1 is 1.50 bits per heavy atom. The number of carboxylic acid groups (broad SMARTS) is 1. The Morgan fingerprint density at radius 2 is 2.15 bits per heavy atom. The minimum Gasteiger partial charge on any atom is -0.480 e. The van der Waals surface area contributed by atoms with Gasteiger partial charge in [-0.05, 0) is 31.1 Å². The molecule has 0 radical (unpaired) electrons. The number of likely N-dealkylation sites (tertiary alicyclic amines) is 1. The smallest absolute Gasteiger partial charge is 0.327 e. The molecule has 0 aliphatic carbocycles. The van der Waals surface area contributed by atoms with E-state index < -0.39 is 12.0 Å². The number of carbonyl (C=O) groups excluding carboxylic acids is 1. The summed E-state index contributed by atoms with van der Waals surface area (Å²) in [5, 5.41) is 9.46. The minimum atomic E-state index is -0.914. The predicted octanol–water partition coefficient (Wildman–Crippen LogP) is 2.58. The van der Waals surface area contributed by atoms with Gasteiger partial charge in [0.2, 0.25) is 0 Å². The Morgan fingerprint density at radius 3 is 2.70 bits per heavy atom. The van der Waals surface area contributed by atoms with Gasteiger partial charge in [0.15, 0.2) is 0 Å². The zero-order chi connectivity index (χ0) is 15.3. The number of hydrogen-bond acceptors (Lipinski definition) is 2. The summed E-state index contributed by atoms with van der Waals surface area (Å²) in [5.41, 5.74) is -0.387. The second kappa shape index (κ2) is 6.77. The van der Waals surface area contributed by atoms with Crippen LogP contribution < -0.4 is 0 Å². The number of piperidine rings is 1. The molecular weight excluding hydrogens is 256 g/mol. The molecular formula is C15H26N2O3. The number of amides is 2. The zero-order valence-electron chi connectivity index (χ0n) is 12.8. The van der Waals surface area contributed by atoms with Gasteiger partial charge < -0.3 is 14.9 Å². The SMILES string of the molecule is C=CCCCN(C)C(=O)N1CCCC(C)(C)C1C(=O)O. The Balaban J connectivity index is 2.78. The Hall–Kier alpha value is -1.52. The molecule has 0 bridgehead atoms. The summed E-state index contributed by atoms with van der Waals surface area (Å²) in [6.45, 7) is 8.63. The average molecular weight is 282 g/mol. The lowest BCUT2D eigenvalue weighted by Crippen LogP contribution is -2.58. The van der Waals surface area contributed by atoms with E-state index >= 15 is 0 Å². The third-order valence-corrected chi connectivity index (χ3v) is 3.98. The maximum Gasteiger partial charge on any atom is 0.327 e. The maximum absolute atomic E-state index is 12.5. The second-order valence-corrected chi connectivity index (χ2v) is 6.16. The van der Waals surface area contributed by atoms with E-state index in [1.165, 1.54) is 4.90 Å². The van der Waals surface area contributed by atoms with Gasteiger partial charge in [0, 0.05) is 20.1 Å². The molecule has 1 heterocycles. The van der Waals surface area contributed by atoms with Gasteiger partial charge in [0.25, 0.3) is 0 Å². The van der Waals surface area contributed by atoms with Crippen LogP contribution in [0.3, 0.4) is 0 Å². The van der Waals surface area contributed by atoms with Crippen LogP contribution in [0.25, 0.3) is 0 Å². The number of nitrogens with zero attached hydrogens (tertiary/aromatic N) is 2. The van der Waals surface area contributed by atoms with Crippen LogP contribution in [-0.2, 0) is 4.79 Å². The summed E-state index contributed by atoms with van der Waals surface area (Å²) in [6.07, 6.45) is 5.20. The molecule has 20 heavy (non-hydrogen) atoms. The van der Waals surface area contributed by atoms with Crippen LogP contribution >= 0.6 is 0 Å². The molecule has 114 valence electrons. The number of carboxylic acids is 1. The molecule has 0 saturated carbocycles. The number of rotatable bonds is 5. The molecule has 1 rings (SSSR count). The molecule has 1 aliphatic rings. The third-order valence-electron chi connectivity index (χ3n) is 3.98. The van der Waals surface area contributed by atoms with Crippen molar-refractivity contribution in [1.82, 2.24) is 9.80 Å². The average Bonchev–Trinajstić information content (AvgIpc) is 2.36. The van der Waals surface area contributed by atoms with Crippen LogP contribution in [0, 0.1) is 5.41 Å². The van der Waals surface area contributed by atoms with Crippen LogP contribution in [0.2, 0.25) is 0 Å². The lowest BCUT2D eigenvalue weighted by molar-refractivity contribution is -0.148. The van der Waals surface area contributed by atoms with Crippen molar-refractivity contribution < 1.29 is 14.7 Å². The summed E-state index contributed by atoms with van der Waals surface area (Å²) < 4.78 is 0. The molecule has 2 amide bonds. The molecule has 0 aromatic heterocycles. The molecule has 0 aromatic rings. The van der Waals surface area contributed by atoms with Crippen molar-refractivity contribution in [3.05, 3.63) is 12.7 Å². The zero-order valence-corrected chi connectivity index (χ0v) is 12.8. The maximum atomic E-state index is 12.5. The van der Waals surface area contributed by atoms with E-state index in [-0.39, 0.29) is 11.4 Å². The van der Waals surface area contributed by atoms with Crippen molar-refractivity contribution in [3.8, 4) is 0 Å². The van der Waals surface area contributed by atoms with E-state index in [1.54, 1.807) is 11.9 Å². The fourth-order valence-electron chi connectivity index (χ4n) is 2.85. The van der Waals surface area contributed by atoms with Crippen molar-refractivity contribution in [2.45, 2.75) is 45.6 Å². The Kier molecular flexibility index (Phi) is 5.60. The van der Waals surface area contributed by atoms with Crippen molar-refractivity contribution in [3.63, 3.8) is 0 Å². The summed E-state index contributed by atoms with van der Waals surface area (Å²) in [7, 11) is 1.73. The lowest BCUT2D eigenvalue weighted by atomic mass is 9.76. The van der Waals surface area contributed by atoms with Crippen LogP contribution in [0.15, 0.2) is 12.7 Å². The number of carbonyl (C=O) groups is 2. The summed E-state index contributed by atoms with van der Waals surface area (Å²) in [4.78, 5) is 27.1. The lowest BCUT2D eigenvalue weighted by Gasteiger charge is -2.45. The van der Waals surface area contributed by atoms with Gasteiger partial charge in [0.05, 0.1) is 0 Å². The van der Waals surface area contributed by atoms with Crippen molar-refractivity contribution in [1.29, 1.82) is 0 Å². The summed E-state index contributed by atoms with van der Waals surface area (Å²) in [6, 6.07) is -0.931. The van der Waals surface area contributed by atoms with Gasteiger partial charge in [-0.1, -0.05) is 19.9 Å². The van der Waals surface area contributed by atoms with Gasteiger partial charge in [0.1, 0.15) is 6.04 Å². The van der Waals surface area contributed by atoms with Crippen LogP contribution in [-0.4, -0.2) is 53.1 Å². The van der Waals surface area contributed by atoms with Crippen molar-refractivity contribution >= 4 is 12.0 Å². The van der Waals surface area contributed by atoms with Gasteiger partial charge in [-0.25, -0.2) is 9.59 Å². The first-order chi connectivity index (χ1) is 9.31. The van der Waals surface area contributed by atoms with Gasteiger partial charge >= 0.3 is 12.0 Å². The first-order valence-electron chi connectivity index (χ1n) is 7.16.